The molecular formula is C19H22N8O. The number of carbonyl (C=O) groups excluding carboxylic acids is 1. The maximum absolute atomic E-state index is 12.2. The van der Waals surface area contributed by atoms with E-state index in [0.717, 1.165) is 35.5 Å². The molecule has 1 aromatic carbocycles. The van der Waals surface area contributed by atoms with Crippen molar-refractivity contribution >= 4 is 34.9 Å². The number of aryl methyl sites for hydroxylation is 2. The lowest BCUT2D eigenvalue weighted by Crippen LogP contribution is -2.41. The number of hydrogen-bond acceptors (Lipinski definition) is 6. The Kier molecular flexibility index (Phi) is 4.79. The minimum atomic E-state index is -0.0987. The summed E-state index contributed by atoms with van der Waals surface area (Å²) in [6, 6.07) is 7.81. The number of rotatable bonds is 4. The van der Waals surface area contributed by atoms with E-state index in [0.29, 0.717) is 24.0 Å². The molecule has 0 bridgehead atoms. The SMILES string of the molecule is CNC(=O)N1CCCc2ccc(Nc3cncc(Nc4cc(C)[nH]n4)n3)cc21. The lowest BCUT2D eigenvalue weighted by molar-refractivity contribution is 0.247. The maximum atomic E-state index is 12.2. The molecule has 144 valence electrons. The Bertz CT molecular complexity index is 999. The summed E-state index contributed by atoms with van der Waals surface area (Å²) in [7, 11) is 1.65. The molecule has 0 saturated heterocycles. The minimum absolute atomic E-state index is 0.0987. The number of hydrogen-bond donors (Lipinski definition) is 4. The van der Waals surface area contributed by atoms with Gasteiger partial charge in [-0.2, -0.15) is 5.10 Å². The van der Waals surface area contributed by atoms with Gasteiger partial charge in [0.2, 0.25) is 0 Å². The van der Waals surface area contributed by atoms with Crippen molar-refractivity contribution in [3.63, 3.8) is 0 Å². The highest BCUT2D eigenvalue weighted by atomic mass is 16.2. The third-order valence-electron chi connectivity index (χ3n) is 4.53. The summed E-state index contributed by atoms with van der Waals surface area (Å²) in [6.45, 7) is 2.64. The number of urea groups is 1. The van der Waals surface area contributed by atoms with E-state index in [9.17, 15) is 4.79 Å². The molecule has 1 aliphatic rings. The molecule has 3 heterocycles. The fourth-order valence-electron chi connectivity index (χ4n) is 3.25. The summed E-state index contributed by atoms with van der Waals surface area (Å²) in [5.41, 5.74) is 3.89. The number of aromatic amines is 1. The van der Waals surface area contributed by atoms with Crippen molar-refractivity contribution in [1.82, 2.24) is 25.5 Å². The first-order chi connectivity index (χ1) is 13.6. The zero-order valence-electron chi connectivity index (χ0n) is 15.8. The fraction of sp³-hybridized carbons (Fsp3) is 0.263. The van der Waals surface area contributed by atoms with E-state index in [4.69, 9.17) is 0 Å². The van der Waals surface area contributed by atoms with E-state index in [2.05, 4.69) is 42.2 Å². The highest BCUT2D eigenvalue weighted by Gasteiger charge is 2.22. The summed E-state index contributed by atoms with van der Waals surface area (Å²) >= 11 is 0. The van der Waals surface area contributed by atoms with Crippen LogP contribution in [0, 0.1) is 6.92 Å². The van der Waals surface area contributed by atoms with E-state index in [1.54, 1.807) is 24.3 Å². The summed E-state index contributed by atoms with van der Waals surface area (Å²) < 4.78 is 0. The quantitative estimate of drug-likeness (QED) is 0.555. The van der Waals surface area contributed by atoms with Crippen molar-refractivity contribution in [1.29, 1.82) is 0 Å². The van der Waals surface area contributed by atoms with Crippen LogP contribution in [0.2, 0.25) is 0 Å². The zero-order chi connectivity index (χ0) is 19.5. The van der Waals surface area contributed by atoms with Gasteiger partial charge >= 0.3 is 6.03 Å². The molecule has 0 saturated carbocycles. The zero-order valence-corrected chi connectivity index (χ0v) is 15.8. The van der Waals surface area contributed by atoms with Crippen LogP contribution in [0.5, 0.6) is 0 Å². The minimum Gasteiger partial charge on any atom is -0.341 e. The second kappa shape index (κ2) is 7.55. The molecule has 0 radical (unpaired) electrons. The van der Waals surface area contributed by atoms with Gasteiger partial charge in [0.15, 0.2) is 17.5 Å². The van der Waals surface area contributed by atoms with Gasteiger partial charge in [0.25, 0.3) is 0 Å². The van der Waals surface area contributed by atoms with Gasteiger partial charge in [-0.1, -0.05) is 6.07 Å². The molecule has 4 rings (SSSR count). The van der Waals surface area contributed by atoms with Crippen molar-refractivity contribution in [3.8, 4) is 0 Å². The van der Waals surface area contributed by atoms with Crippen molar-refractivity contribution in [2.75, 3.05) is 29.1 Å². The maximum Gasteiger partial charge on any atom is 0.321 e. The van der Waals surface area contributed by atoms with Gasteiger partial charge in [-0.15, -0.1) is 0 Å². The van der Waals surface area contributed by atoms with Crippen molar-refractivity contribution in [2.45, 2.75) is 19.8 Å². The summed E-state index contributed by atoms with van der Waals surface area (Å²) in [5.74, 6) is 1.86. The van der Waals surface area contributed by atoms with E-state index in [1.165, 1.54) is 0 Å². The first-order valence-electron chi connectivity index (χ1n) is 9.12. The van der Waals surface area contributed by atoms with Crippen molar-refractivity contribution < 1.29 is 4.79 Å². The third-order valence-corrected chi connectivity index (χ3v) is 4.53. The topological polar surface area (TPSA) is 111 Å². The fourth-order valence-corrected chi connectivity index (χ4v) is 3.25. The molecule has 2 amide bonds. The number of nitrogens with zero attached hydrogens (tertiary/aromatic N) is 4. The van der Waals surface area contributed by atoms with Gasteiger partial charge < -0.3 is 16.0 Å². The van der Waals surface area contributed by atoms with E-state index in [1.807, 2.05) is 25.1 Å². The molecular weight excluding hydrogens is 356 g/mol. The van der Waals surface area contributed by atoms with E-state index >= 15 is 0 Å². The molecule has 2 aromatic heterocycles. The Morgan fingerprint density at radius 3 is 2.71 bits per heavy atom. The molecule has 3 aromatic rings. The highest BCUT2D eigenvalue weighted by molar-refractivity contribution is 5.93. The van der Waals surface area contributed by atoms with Crippen LogP contribution in [0.25, 0.3) is 0 Å². The van der Waals surface area contributed by atoms with Gasteiger partial charge in [0.05, 0.1) is 18.1 Å². The predicted molar refractivity (Wildman–Crippen MR) is 108 cm³/mol. The van der Waals surface area contributed by atoms with Crippen LogP contribution in [-0.2, 0) is 6.42 Å². The van der Waals surface area contributed by atoms with Gasteiger partial charge in [-0.3, -0.25) is 15.0 Å². The monoisotopic (exact) mass is 378 g/mol. The Balaban J connectivity index is 1.54. The molecule has 0 unspecified atom stereocenters. The molecule has 1 aliphatic heterocycles. The third kappa shape index (κ3) is 3.73. The Morgan fingerprint density at radius 1 is 1.14 bits per heavy atom. The lowest BCUT2D eigenvalue weighted by atomic mass is 10.0. The number of aromatic nitrogens is 4. The first kappa shape index (κ1) is 17.8. The molecule has 9 heteroatoms. The number of carbonyl (C=O) groups is 1. The largest absolute Gasteiger partial charge is 0.341 e. The number of benzene rings is 1. The lowest BCUT2D eigenvalue weighted by Gasteiger charge is -2.29. The highest BCUT2D eigenvalue weighted by Crippen LogP contribution is 2.31. The Morgan fingerprint density at radius 2 is 1.96 bits per heavy atom. The summed E-state index contributed by atoms with van der Waals surface area (Å²) in [4.78, 5) is 22.7. The summed E-state index contributed by atoms with van der Waals surface area (Å²) in [6.07, 6.45) is 5.21. The van der Waals surface area contributed by atoms with Crippen LogP contribution in [0.4, 0.5) is 33.6 Å². The molecule has 0 spiro atoms. The Hall–Kier alpha value is -3.62. The summed E-state index contributed by atoms with van der Waals surface area (Å²) in [5, 5.41) is 16.1. The number of nitrogens with one attached hydrogen (secondary N) is 4. The number of anilines is 5. The number of amides is 2. The smallest absolute Gasteiger partial charge is 0.321 e. The van der Waals surface area contributed by atoms with Gasteiger partial charge in [0, 0.05) is 31.0 Å². The van der Waals surface area contributed by atoms with Gasteiger partial charge in [-0.05, 0) is 37.5 Å². The van der Waals surface area contributed by atoms with Gasteiger partial charge in [-0.25, -0.2) is 9.78 Å². The van der Waals surface area contributed by atoms with Crippen LogP contribution >= 0.6 is 0 Å². The Labute approximate surface area is 162 Å². The second-order valence-corrected chi connectivity index (χ2v) is 6.63. The average Bonchev–Trinajstić information content (AvgIpc) is 3.11. The standard InChI is InChI=1S/C19H22N8O/c1-12-8-16(26-25-12)23-18-11-21-10-17(24-18)22-14-6-5-13-4-3-7-27(15(13)9-14)19(28)20-2/h5-6,8-11H,3-4,7H2,1-2H3,(H,20,28)(H3,22,23,24,25,26). The number of H-pyrrole nitrogens is 1. The van der Waals surface area contributed by atoms with Crippen LogP contribution in [-0.4, -0.2) is 39.8 Å². The van der Waals surface area contributed by atoms with Crippen LogP contribution < -0.4 is 20.9 Å². The average molecular weight is 378 g/mol. The molecule has 28 heavy (non-hydrogen) atoms. The van der Waals surface area contributed by atoms with Crippen LogP contribution in [0.3, 0.4) is 0 Å². The molecule has 0 atom stereocenters. The van der Waals surface area contributed by atoms with Gasteiger partial charge in [0.1, 0.15) is 0 Å². The molecule has 0 fully saturated rings. The first-order valence-corrected chi connectivity index (χ1v) is 9.12. The molecule has 9 nitrogen and oxygen atoms in total. The molecule has 0 aliphatic carbocycles. The van der Waals surface area contributed by atoms with E-state index < -0.39 is 0 Å². The van der Waals surface area contributed by atoms with Crippen LogP contribution in [0.1, 0.15) is 17.7 Å². The second-order valence-electron chi connectivity index (χ2n) is 6.63. The molecule has 4 N–H and O–H groups in total. The van der Waals surface area contributed by atoms with Crippen molar-refractivity contribution in [2.24, 2.45) is 0 Å². The van der Waals surface area contributed by atoms with Crippen molar-refractivity contribution in [3.05, 3.63) is 47.9 Å². The normalized spacial score (nSPS) is 13.0. The predicted octanol–water partition coefficient (Wildman–Crippen LogP) is 3.09. The van der Waals surface area contributed by atoms with Crippen LogP contribution in [0.15, 0.2) is 36.7 Å². The van der Waals surface area contributed by atoms with E-state index in [-0.39, 0.29) is 6.03 Å². The number of fused-ring (bicyclic) bond motifs is 1.